The molecule has 0 unspecified atom stereocenters. The molecule has 0 radical (unpaired) electrons. The summed E-state index contributed by atoms with van der Waals surface area (Å²) in [4.78, 5) is 19.9. The van der Waals surface area contributed by atoms with E-state index in [1.165, 1.54) is 11.3 Å². The third-order valence-corrected chi connectivity index (χ3v) is 3.63. The monoisotopic (exact) mass is 268 g/mol. The highest BCUT2D eigenvalue weighted by Gasteiger charge is 2.14. The average molecular weight is 269 g/mol. The molecule has 0 aliphatic rings. The summed E-state index contributed by atoms with van der Waals surface area (Å²) in [5, 5.41) is 9.94. The zero-order valence-corrected chi connectivity index (χ0v) is 10.5. The van der Waals surface area contributed by atoms with Crippen molar-refractivity contribution in [2.45, 2.75) is 13.3 Å². The fourth-order valence-electron chi connectivity index (χ4n) is 1.37. The lowest BCUT2D eigenvalue weighted by atomic mass is 10.3. The van der Waals surface area contributed by atoms with E-state index in [-0.39, 0.29) is 6.42 Å². The summed E-state index contributed by atoms with van der Waals surface area (Å²) in [6, 6.07) is 3.47. The lowest BCUT2D eigenvalue weighted by Crippen LogP contribution is -1.99. The molecule has 1 N–H and O–H groups in total. The lowest BCUT2D eigenvalue weighted by molar-refractivity contribution is -0.136. The van der Waals surface area contributed by atoms with Crippen molar-refractivity contribution in [3.05, 3.63) is 33.9 Å². The Labute approximate surface area is 107 Å². The van der Waals surface area contributed by atoms with Gasteiger partial charge >= 0.3 is 5.97 Å². The van der Waals surface area contributed by atoms with Gasteiger partial charge in [0.05, 0.1) is 17.1 Å². The van der Waals surface area contributed by atoms with Crippen molar-refractivity contribution in [1.29, 1.82) is 0 Å². The van der Waals surface area contributed by atoms with Crippen LogP contribution in [0.3, 0.4) is 0 Å². The van der Waals surface area contributed by atoms with Crippen LogP contribution in [0.1, 0.15) is 10.6 Å². The van der Waals surface area contributed by atoms with Crippen molar-refractivity contribution < 1.29 is 9.90 Å². The molecule has 0 aromatic carbocycles. The van der Waals surface area contributed by atoms with Crippen LogP contribution in [0, 0.1) is 6.92 Å². The van der Waals surface area contributed by atoms with Crippen molar-refractivity contribution >= 4 is 28.9 Å². The SMILES string of the molecule is Cc1nc(-c2ncccc2Cl)sc1CC(=O)O. The average Bonchev–Trinajstić information content (AvgIpc) is 2.60. The first-order valence-corrected chi connectivity index (χ1v) is 6.06. The maximum atomic E-state index is 10.7. The third kappa shape index (κ3) is 2.62. The molecule has 6 heteroatoms. The van der Waals surface area contributed by atoms with E-state index in [0.717, 1.165) is 4.88 Å². The molecule has 88 valence electrons. The Bertz CT molecular complexity index is 568. The van der Waals surface area contributed by atoms with Gasteiger partial charge in [-0.1, -0.05) is 11.6 Å². The molecule has 0 amide bonds. The third-order valence-electron chi connectivity index (χ3n) is 2.17. The highest BCUT2D eigenvalue weighted by atomic mass is 35.5. The Morgan fingerprint density at radius 1 is 1.59 bits per heavy atom. The van der Waals surface area contributed by atoms with Crippen molar-refractivity contribution in [3.63, 3.8) is 0 Å². The second kappa shape index (κ2) is 4.81. The molecule has 0 saturated heterocycles. The maximum absolute atomic E-state index is 10.7. The Kier molecular flexibility index (Phi) is 3.40. The number of carboxylic acid groups (broad SMARTS) is 1. The summed E-state index contributed by atoms with van der Waals surface area (Å²) in [6.07, 6.45) is 1.61. The number of rotatable bonds is 3. The molecule has 0 aliphatic carbocycles. The van der Waals surface area contributed by atoms with Crippen molar-refractivity contribution in [2.24, 2.45) is 0 Å². The number of aryl methyl sites for hydroxylation is 1. The minimum atomic E-state index is -0.865. The van der Waals surface area contributed by atoms with Crippen LogP contribution in [0.25, 0.3) is 10.7 Å². The van der Waals surface area contributed by atoms with Crippen LogP contribution in [0.15, 0.2) is 18.3 Å². The smallest absolute Gasteiger partial charge is 0.308 e. The Morgan fingerprint density at radius 2 is 2.35 bits per heavy atom. The quantitative estimate of drug-likeness (QED) is 0.930. The van der Waals surface area contributed by atoms with Crippen LogP contribution < -0.4 is 0 Å². The number of carbonyl (C=O) groups is 1. The summed E-state index contributed by atoms with van der Waals surface area (Å²) < 4.78 is 0. The van der Waals surface area contributed by atoms with Crippen molar-refractivity contribution in [1.82, 2.24) is 9.97 Å². The van der Waals surface area contributed by atoms with Crippen LogP contribution >= 0.6 is 22.9 Å². The second-order valence-electron chi connectivity index (χ2n) is 3.43. The number of nitrogens with zero attached hydrogens (tertiary/aromatic N) is 2. The van der Waals surface area contributed by atoms with Gasteiger partial charge in [0.25, 0.3) is 0 Å². The molecule has 4 nitrogen and oxygen atoms in total. The first-order valence-electron chi connectivity index (χ1n) is 4.87. The molecule has 2 rings (SSSR count). The maximum Gasteiger partial charge on any atom is 0.308 e. The molecule has 17 heavy (non-hydrogen) atoms. The van der Waals surface area contributed by atoms with Crippen LogP contribution in [-0.2, 0) is 11.2 Å². The van der Waals surface area contributed by atoms with Gasteiger partial charge in [-0.3, -0.25) is 9.78 Å². The van der Waals surface area contributed by atoms with Crippen molar-refractivity contribution in [2.75, 3.05) is 0 Å². The molecule has 0 fully saturated rings. The normalized spacial score (nSPS) is 10.5. The van der Waals surface area contributed by atoms with Crippen LogP contribution in [0.4, 0.5) is 0 Å². The van der Waals surface area contributed by atoms with Gasteiger partial charge < -0.3 is 5.11 Å². The number of carboxylic acids is 1. The van der Waals surface area contributed by atoms with Crippen molar-refractivity contribution in [3.8, 4) is 10.7 Å². The highest BCUT2D eigenvalue weighted by Crippen LogP contribution is 2.31. The molecular formula is C11H9ClN2O2S. The molecule has 0 atom stereocenters. The van der Waals surface area contributed by atoms with E-state index >= 15 is 0 Å². The summed E-state index contributed by atoms with van der Waals surface area (Å²) in [6.45, 7) is 1.79. The number of thiazole rings is 1. The van der Waals surface area contributed by atoms with Crippen LogP contribution in [-0.4, -0.2) is 21.0 Å². The van der Waals surface area contributed by atoms with Gasteiger partial charge in [-0.25, -0.2) is 4.98 Å². The number of aromatic nitrogens is 2. The van der Waals surface area contributed by atoms with E-state index in [9.17, 15) is 4.79 Å². The van der Waals surface area contributed by atoms with Gasteiger partial charge in [0.2, 0.25) is 0 Å². The molecule has 0 aliphatic heterocycles. The Balaban J connectivity index is 2.41. The molecular weight excluding hydrogens is 260 g/mol. The van der Waals surface area contributed by atoms with Gasteiger partial charge in [-0.15, -0.1) is 11.3 Å². The number of halogens is 1. The minimum absolute atomic E-state index is 0.0199. The van der Waals surface area contributed by atoms with Gasteiger partial charge in [-0.05, 0) is 19.1 Å². The van der Waals surface area contributed by atoms with Gasteiger partial charge in [0.15, 0.2) is 0 Å². The molecule has 2 aromatic rings. The molecule has 2 aromatic heterocycles. The zero-order valence-electron chi connectivity index (χ0n) is 8.98. The standard InChI is InChI=1S/C11H9ClN2O2S/c1-6-8(5-9(15)16)17-11(14-6)10-7(12)3-2-4-13-10/h2-4H,5H2,1H3,(H,15,16). The fraction of sp³-hybridized carbons (Fsp3) is 0.182. The van der Waals surface area contributed by atoms with E-state index in [2.05, 4.69) is 9.97 Å². The summed E-state index contributed by atoms with van der Waals surface area (Å²) >= 11 is 7.33. The largest absolute Gasteiger partial charge is 0.481 e. The second-order valence-corrected chi connectivity index (χ2v) is 4.92. The highest BCUT2D eigenvalue weighted by molar-refractivity contribution is 7.15. The van der Waals surface area contributed by atoms with Crippen LogP contribution in [0.5, 0.6) is 0 Å². The predicted molar refractivity (Wildman–Crippen MR) is 66.4 cm³/mol. The molecule has 2 heterocycles. The van der Waals surface area contributed by atoms with E-state index in [4.69, 9.17) is 16.7 Å². The first-order chi connectivity index (χ1) is 8.08. The zero-order chi connectivity index (χ0) is 12.4. The van der Waals surface area contributed by atoms with Gasteiger partial charge in [0, 0.05) is 11.1 Å². The first kappa shape index (κ1) is 12.0. The summed E-state index contributed by atoms with van der Waals surface area (Å²) in [7, 11) is 0. The van der Waals surface area contributed by atoms with E-state index in [1.54, 1.807) is 25.3 Å². The minimum Gasteiger partial charge on any atom is -0.481 e. The van der Waals surface area contributed by atoms with Crippen LogP contribution in [0.2, 0.25) is 5.02 Å². The summed E-state index contributed by atoms with van der Waals surface area (Å²) in [5.41, 5.74) is 1.31. The van der Waals surface area contributed by atoms with E-state index < -0.39 is 5.97 Å². The Morgan fingerprint density at radius 3 is 3.00 bits per heavy atom. The van der Waals surface area contributed by atoms with E-state index in [0.29, 0.717) is 21.4 Å². The Hall–Kier alpha value is -1.46. The number of pyridine rings is 1. The molecule has 0 spiro atoms. The van der Waals surface area contributed by atoms with Gasteiger partial charge in [-0.2, -0.15) is 0 Å². The number of hydrogen-bond acceptors (Lipinski definition) is 4. The number of aliphatic carboxylic acids is 1. The van der Waals surface area contributed by atoms with E-state index in [1.807, 2.05) is 0 Å². The number of hydrogen-bond donors (Lipinski definition) is 1. The predicted octanol–water partition coefficient (Wildman–Crippen LogP) is 2.79. The van der Waals surface area contributed by atoms with Gasteiger partial charge in [0.1, 0.15) is 10.7 Å². The summed E-state index contributed by atoms with van der Waals surface area (Å²) in [5.74, 6) is -0.865. The lowest BCUT2D eigenvalue weighted by Gasteiger charge is -1.96. The molecule has 0 bridgehead atoms. The molecule has 0 saturated carbocycles. The fourth-order valence-corrected chi connectivity index (χ4v) is 2.71. The topological polar surface area (TPSA) is 63.1 Å².